The molecule has 0 amide bonds. The van der Waals surface area contributed by atoms with Crippen molar-refractivity contribution in [3.05, 3.63) is 29.8 Å². The molecule has 0 spiro atoms. The molecule has 1 aromatic carbocycles. The molecule has 0 bridgehead atoms. The van der Waals surface area contributed by atoms with Crippen LogP contribution in [0.4, 0.5) is 5.69 Å². The van der Waals surface area contributed by atoms with Crippen LogP contribution < -0.4 is 10.2 Å². The van der Waals surface area contributed by atoms with Crippen molar-refractivity contribution in [2.45, 2.75) is 45.4 Å². The quantitative estimate of drug-likeness (QED) is 0.682. The molecule has 2 rings (SSSR count). The van der Waals surface area contributed by atoms with Crippen molar-refractivity contribution in [3.8, 4) is 0 Å². The number of benzene rings is 1. The Morgan fingerprint density at radius 2 is 1.89 bits per heavy atom. The number of fused-ring (bicyclic) bond motifs is 1. The zero-order chi connectivity index (χ0) is 13.3. The Morgan fingerprint density at radius 1 is 1.05 bits per heavy atom. The molecule has 106 valence electrons. The topological polar surface area (TPSA) is 15.3 Å². The van der Waals surface area contributed by atoms with Crippen molar-refractivity contribution in [2.75, 3.05) is 31.1 Å². The molecule has 1 N–H and O–H groups in total. The molecule has 0 radical (unpaired) electrons. The second-order valence-corrected chi connectivity index (χ2v) is 5.53. The van der Waals surface area contributed by atoms with Crippen molar-refractivity contribution in [1.29, 1.82) is 0 Å². The fraction of sp³-hybridized carbons (Fsp3) is 0.647. The van der Waals surface area contributed by atoms with Gasteiger partial charge in [-0.25, -0.2) is 0 Å². The van der Waals surface area contributed by atoms with E-state index in [9.17, 15) is 0 Å². The molecule has 1 aliphatic rings. The monoisotopic (exact) mass is 260 g/mol. The highest BCUT2D eigenvalue weighted by Crippen LogP contribution is 2.27. The average molecular weight is 260 g/mol. The summed E-state index contributed by atoms with van der Waals surface area (Å²) in [5.74, 6) is 0. The first kappa shape index (κ1) is 14.4. The van der Waals surface area contributed by atoms with Gasteiger partial charge in [0.05, 0.1) is 0 Å². The van der Waals surface area contributed by atoms with Crippen LogP contribution in [0.1, 0.15) is 44.6 Å². The summed E-state index contributed by atoms with van der Waals surface area (Å²) in [5, 5.41) is 3.47. The maximum atomic E-state index is 3.47. The molecular weight excluding hydrogens is 232 g/mol. The molecule has 0 unspecified atom stereocenters. The number of nitrogens with one attached hydrogen (secondary N) is 1. The zero-order valence-corrected chi connectivity index (χ0v) is 12.3. The van der Waals surface area contributed by atoms with Crippen LogP contribution in [0.5, 0.6) is 0 Å². The molecule has 0 saturated heterocycles. The Labute approximate surface area is 118 Å². The second kappa shape index (κ2) is 8.21. The van der Waals surface area contributed by atoms with Crippen LogP contribution >= 0.6 is 0 Å². The van der Waals surface area contributed by atoms with Crippen LogP contribution in [0.3, 0.4) is 0 Å². The van der Waals surface area contributed by atoms with Crippen LogP contribution in [-0.2, 0) is 6.42 Å². The third-order valence-corrected chi connectivity index (χ3v) is 3.94. The number of nitrogens with zero attached hydrogens (tertiary/aromatic N) is 1. The molecule has 1 heterocycles. The van der Waals surface area contributed by atoms with Crippen LogP contribution in [-0.4, -0.2) is 26.2 Å². The zero-order valence-electron chi connectivity index (χ0n) is 12.3. The van der Waals surface area contributed by atoms with Gasteiger partial charge in [0.2, 0.25) is 0 Å². The van der Waals surface area contributed by atoms with Gasteiger partial charge in [-0.05, 0) is 50.4 Å². The Kier molecular flexibility index (Phi) is 6.22. The van der Waals surface area contributed by atoms with Gasteiger partial charge >= 0.3 is 0 Å². The van der Waals surface area contributed by atoms with E-state index in [0.717, 1.165) is 0 Å². The molecule has 1 aromatic rings. The third-order valence-electron chi connectivity index (χ3n) is 3.94. The van der Waals surface area contributed by atoms with Crippen LogP contribution in [0.2, 0.25) is 0 Å². The van der Waals surface area contributed by atoms with Crippen LogP contribution in [0, 0.1) is 0 Å². The summed E-state index contributed by atoms with van der Waals surface area (Å²) in [5.41, 5.74) is 3.01. The summed E-state index contributed by atoms with van der Waals surface area (Å²) in [6.07, 6.45) is 7.88. The number of rotatable bonds is 9. The standard InChI is InChI=1S/C17H28N2/c1-2-12-18-13-7-3-4-8-14-19-15-11-16-9-5-6-10-17(16)19/h5-6,9-10,18H,2-4,7-8,11-15H2,1H3. The van der Waals surface area contributed by atoms with Crippen molar-refractivity contribution in [1.82, 2.24) is 5.32 Å². The van der Waals surface area contributed by atoms with E-state index in [1.54, 1.807) is 0 Å². The van der Waals surface area contributed by atoms with E-state index >= 15 is 0 Å². The Bertz CT molecular complexity index is 362. The lowest BCUT2D eigenvalue weighted by atomic mass is 10.1. The van der Waals surface area contributed by atoms with Crippen molar-refractivity contribution in [3.63, 3.8) is 0 Å². The van der Waals surface area contributed by atoms with Gasteiger partial charge in [-0.15, -0.1) is 0 Å². The second-order valence-electron chi connectivity index (χ2n) is 5.53. The molecule has 2 heteroatoms. The van der Waals surface area contributed by atoms with E-state index in [-0.39, 0.29) is 0 Å². The van der Waals surface area contributed by atoms with Gasteiger partial charge in [-0.1, -0.05) is 38.0 Å². The van der Waals surface area contributed by atoms with E-state index in [0.29, 0.717) is 0 Å². The van der Waals surface area contributed by atoms with Gasteiger partial charge in [-0.3, -0.25) is 0 Å². The predicted octanol–water partition coefficient (Wildman–Crippen LogP) is 3.61. The van der Waals surface area contributed by atoms with Gasteiger partial charge < -0.3 is 10.2 Å². The average Bonchev–Trinajstić information content (AvgIpc) is 2.85. The summed E-state index contributed by atoms with van der Waals surface area (Å²) in [6.45, 7) is 7.04. The highest BCUT2D eigenvalue weighted by Gasteiger charge is 2.16. The van der Waals surface area contributed by atoms with E-state index in [2.05, 4.69) is 41.4 Å². The predicted molar refractivity (Wildman–Crippen MR) is 84.0 cm³/mol. The van der Waals surface area contributed by atoms with Crippen LogP contribution in [0.25, 0.3) is 0 Å². The lowest BCUT2D eigenvalue weighted by Gasteiger charge is -2.19. The van der Waals surface area contributed by atoms with Crippen molar-refractivity contribution < 1.29 is 0 Å². The molecule has 19 heavy (non-hydrogen) atoms. The minimum Gasteiger partial charge on any atom is -0.371 e. The number of hydrogen-bond acceptors (Lipinski definition) is 2. The Morgan fingerprint density at radius 3 is 2.79 bits per heavy atom. The maximum absolute atomic E-state index is 3.47. The number of para-hydroxylation sites is 1. The molecule has 0 fully saturated rings. The molecule has 0 atom stereocenters. The molecule has 0 saturated carbocycles. The fourth-order valence-corrected chi connectivity index (χ4v) is 2.85. The summed E-state index contributed by atoms with van der Waals surface area (Å²) < 4.78 is 0. The first-order valence-corrected chi connectivity index (χ1v) is 7.95. The summed E-state index contributed by atoms with van der Waals surface area (Å²) in [7, 11) is 0. The van der Waals surface area contributed by atoms with Crippen molar-refractivity contribution >= 4 is 5.69 Å². The van der Waals surface area contributed by atoms with Gasteiger partial charge in [0.1, 0.15) is 0 Å². The maximum Gasteiger partial charge on any atom is 0.0399 e. The minimum absolute atomic E-state index is 1.17. The van der Waals surface area contributed by atoms with E-state index in [1.807, 2.05) is 0 Å². The fourth-order valence-electron chi connectivity index (χ4n) is 2.85. The highest BCUT2D eigenvalue weighted by atomic mass is 15.1. The number of anilines is 1. The first-order valence-electron chi connectivity index (χ1n) is 7.95. The summed E-state index contributed by atoms with van der Waals surface area (Å²) >= 11 is 0. The van der Waals surface area contributed by atoms with Gasteiger partial charge in [0.15, 0.2) is 0 Å². The third kappa shape index (κ3) is 4.54. The molecular formula is C17H28N2. The molecule has 0 aromatic heterocycles. The largest absolute Gasteiger partial charge is 0.371 e. The summed E-state index contributed by atoms with van der Waals surface area (Å²) in [6, 6.07) is 8.87. The molecule has 0 aliphatic carbocycles. The van der Waals surface area contributed by atoms with E-state index < -0.39 is 0 Å². The SMILES string of the molecule is CCCNCCCCCCN1CCc2ccccc21. The van der Waals surface area contributed by atoms with Crippen LogP contribution in [0.15, 0.2) is 24.3 Å². The van der Waals surface area contributed by atoms with Crippen molar-refractivity contribution in [2.24, 2.45) is 0 Å². The first-order chi connectivity index (χ1) is 9.42. The van der Waals surface area contributed by atoms with E-state index in [4.69, 9.17) is 0 Å². The number of unbranched alkanes of at least 4 members (excludes halogenated alkanes) is 3. The minimum atomic E-state index is 1.17. The lowest BCUT2D eigenvalue weighted by molar-refractivity contribution is 0.582. The molecule has 1 aliphatic heterocycles. The molecule has 2 nitrogen and oxygen atoms in total. The lowest BCUT2D eigenvalue weighted by Crippen LogP contribution is -2.21. The normalized spacial score (nSPS) is 13.8. The van der Waals surface area contributed by atoms with Gasteiger partial charge in [0, 0.05) is 18.8 Å². The van der Waals surface area contributed by atoms with Gasteiger partial charge in [-0.2, -0.15) is 0 Å². The Hall–Kier alpha value is -1.02. The smallest absolute Gasteiger partial charge is 0.0399 e. The highest BCUT2D eigenvalue weighted by molar-refractivity contribution is 5.57. The van der Waals surface area contributed by atoms with E-state index in [1.165, 1.54) is 76.0 Å². The Balaban J connectivity index is 1.55. The van der Waals surface area contributed by atoms with Gasteiger partial charge in [0.25, 0.3) is 0 Å². The summed E-state index contributed by atoms with van der Waals surface area (Å²) in [4.78, 5) is 2.56. The number of hydrogen-bond donors (Lipinski definition) is 1.